The first-order chi connectivity index (χ1) is 15.1. The van der Waals surface area contributed by atoms with Gasteiger partial charge in [0.15, 0.2) is 0 Å². The Kier molecular flexibility index (Phi) is 4.72. The second kappa shape index (κ2) is 7.70. The Morgan fingerprint density at radius 1 is 0.968 bits per heavy atom. The molecule has 1 aromatic carbocycles. The molecule has 0 saturated heterocycles. The minimum Gasteiger partial charge on any atom is -0.507 e. The van der Waals surface area contributed by atoms with E-state index in [0.717, 1.165) is 36.2 Å². The van der Waals surface area contributed by atoms with Crippen LogP contribution in [0.25, 0.3) is 33.6 Å². The van der Waals surface area contributed by atoms with Crippen molar-refractivity contribution in [1.82, 2.24) is 19.7 Å². The van der Waals surface area contributed by atoms with Gasteiger partial charge in [0, 0.05) is 36.6 Å². The number of nitrogens with one attached hydrogen (secondary N) is 1. The summed E-state index contributed by atoms with van der Waals surface area (Å²) >= 11 is 0. The van der Waals surface area contributed by atoms with E-state index in [2.05, 4.69) is 21.4 Å². The lowest BCUT2D eigenvalue weighted by atomic mass is 10.0. The maximum absolute atomic E-state index is 12.8. The monoisotopic (exact) mass is 412 g/mol. The fraction of sp³-hybridized carbons (Fsp3) is 0.125. The van der Waals surface area contributed by atoms with Gasteiger partial charge in [-0.3, -0.25) is 9.20 Å². The second-order valence-electron chi connectivity index (χ2n) is 7.44. The van der Waals surface area contributed by atoms with Crippen molar-refractivity contribution < 1.29 is 10.2 Å². The van der Waals surface area contributed by atoms with Crippen LogP contribution < -0.4 is 10.9 Å². The lowest BCUT2D eigenvalue weighted by molar-refractivity contribution is 0.453. The van der Waals surface area contributed by atoms with Crippen LogP contribution in [0.15, 0.2) is 71.8 Å². The summed E-state index contributed by atoms with van der Waals surface area (Å²) in [4.78, 5) is 21.2. The first-order valence-corrected chi connectivity index (χ1v) is 10.0. The van der Waals surface area contributed by atoms with E-state index in [9.17, 15) is 15.0 Å². The van der Waals surface area contributed by atoms with Crippen molar-refractivity contribution in [2.24, 2.45) is 0 Å². The number of rotatable bonds is 3. The fourth-order valence-electron chi connectivity index (χ4n) is 3.84. The van der Waals surface area contributed by atoms with Crippen LogP contribution in [-0.4, -0.2) is 37.7 Å². The van der Waals surface area contributed by atoms with Crippen molar-refractivity contribution in [3.05, 3.63) is 82.9 Å². The SMILES string of the molecule is O=c1cc(-c2ccc(-c3ccnc(O)c3)cc2O)nc2ccc(C3=CCNCC3)cn12. The Balaban J connectivity index is 1.54. The molecule has 0 atom stereocenters. The third-order valence-corrected chi connectivity index (χ3v) is 5.45. The summed E-state index contributed by atoms with van der Waals surface area (Å²) in [5.74, 6) is -0.0913. The minimum absolute atomic E-state index is 0.00142. The summed E-state index contributed by atoms with van der Waals surface area (Å²) in [6.45, 7) is 1.75. The summed E-state index contributed by atoms with van der Waals surface area (Å²) in [7, 11) is 0. The van der Waals surface area contributed by atoms with E-state index in [1.54, 1.807) is 24.3 Å². The van der Waals surface area contributed by atoms with Crippen molar-refractivity contribution in [2.75, 3.05) is 13.1 Å². The predicted octanol–water partition coefficient (Wildman–Crippen LogP) is 3.21. The lowest BCUT2D eigenvalue weighted by Gasteiger charge is -2.15. The number of benzene rings is 1. The van der Waals surface area contributed by atoms with Gasteiger partial charge >= 0.3 is 0 Å². The molecule has 4 aromatic rings. The molecule has 0 fully saturated rings. The molecule has 4 heterocycles. The Morgan fingerprint density at radius 3 is 2.58 bits per heavy atom. The Labute approximate surface area is 178 Å². The van der Waals surface area contributed by atoms with Crippen LogP contribution in [0, 0.1) is 0 Å². The van der Waals surface area contributed by atoms with E-state index < -0.39 is 0 Å². The zero-order chi connectivity index (χ0) is 21.4. The Bertz CT molecular complexity index is 1390. The second-order valence-corrected chi connectivity index (χ2v) is 7.44. The first kappa shape index (κ1) is 19.0. The highest BCUT2D eigenvalue weighted by Gasteiger charge is 2.13. The molecule has 154 valence electrons. The van der Waals surface area contributed by atoms with Crippen LogP contribution in [0.5, 0.6) is 11.6 Å². The van der Waals surface area contributed by atoms with Gasteiger partial charge < -0.3 is 15.5 Å². The molecule has 0 amide bonds. The lowest BCUT2D eigenvalue weighted by Crippen LogP contribution is -2.20. The van der Waals surface area contributed by atoms with Crippen LogP contribution in [-0.2, 0) is 0 Å². The molecule has 1 aliphatic heterocycles. The molecule has 31 heavy (non-hydrogen) atoms. The van der Waals surface area contributed by atoms with Gasteiger partial charge in [-0.25, -0.2) is 9.97 Å². The third-order valence-electron chi connectivity index (χ3n) is 5.45. The highest BCUT2D eigenvalue weighted by atomic mass is 16.3. The third kappa shape index (κ3) is 3.67. The number of fused-ring (bicyclic) bond motifs is 1. The summed E-state index contributed by atoms with van der Waals surface area (Å²) in [5, 5.41) is 23.5. The van der Waals surface area contributed by atoms with Crippen LogP contribution in [0.3, 0.4) is 0 Å². The molecular formula is C24H20N4O3. The molecule has 5 rings (SSSR count). The molecule has 0 unspecified atom stereocenters. The van der Waals surface area contributed by atoms with E-state index in [-0.39, 0.29) is 17.2 Å². The highest BCUT2D eigenvalue weighted by Crippen LogP contribution is 2.33. The number of phenols is 1. The van der Waals surface area contributed by atoms with Crippen LogP contribution >= 0.6 is 0 Å². The van der Waals surface area contributed by atoms with E-state index >= 15 is 0 Å². The smallest absolute Gasteiger partial charge is 0.258 e. The highest BCUT2D eigenvalue weighted by molar-refractivity contribution is 5.75. The van der Waals surface area contributed by atoms with Crippen molar-refractivity contribution in [3.63, 3.8) is 0 Å². The maximum Gasteiger partial charge on any atom is 0.258 e. The zero-order valence-electron chi connectivity index (χ0n) is 16.6. The van der Waals surface area contributed by atoms with Crippen LogP contribution in [0.4, 0.5) is 0 Å². The molecule has 0 aliphatic carbocycles. The van der Waals surface area contributed by atoms with Gasteiger partial charge in [0.25, 0.3) is 5.56 Å². The number of pyridine rings is 2. The van der Waals surface area contributed by atoms with Crippen LogP contribution in [0.2, 0.25) is 0 Å². The van der Waals surface area contributed by atoms with E-state index in [4.69, 9.17) is 0 Å². The average molecular weight is 412 g/mol. The average Bonchev–Trinajstić information content (AvgIpc) is 2.79. The standard InChI is InChI=1S/C24H20N4O3/c29-21-11-16(17-7-10-26-23(30)12-17)1-3-19(21)20-13-24(31)28-14-18(2-4-22(28)27-20)15-5-8-25-9-6-15/h1-5,7,10-14,25,29H,6,8-9H2,(H,26,30). The first-order valence-electron chi connectivity index (χ1n) is 10.0. The molecule has 0 saturated carbocycles. The maximum atomic E-state index is 12.8. The van der Waals surface area contributed by atoms with Crippen molar-refractivity contribution >= 4 is 11.2 Å². The summed E-state index contributed by atoms with van der Waals surface area (Å²) < 4.78 is 1.53. The van der Waals surface area contributed by atoms with Gasteiger partial charge in [0.2, 0.25) is 5.88 Å². The molecule has 3 aromatic heterocycles. The predicted molar refractivity (Wildman–Crippen MR) is 119 cm³/mol. The number of hydrogen-bond acceptors (Lipinski definition) is 6. The quantitative estimate of drug-likeness (QED) is 0.478. The summed E-state index contributed by atoms with van der Waals surface area (Å²) in [6.07, 6.45) is 6.38. The van der Waals surface area contributed by atoms with Gasteiger partial charge in [-0.15, -0.1) is 0 Å². The number of hydrogen-bond donors (Lipinski definition) is 3. The molecule has 1 aliphatic rings. The molecule has 0 bridgehead atoms. The van der Waals surface area contributed by atoms with Gasteiger partial charge in [-0.05, 0) is 65.6 Å². The van der Waals surface area contributed by atoms with E-state index in [1.807, 2.05) is 18.3 Å². The topological polar surface area (TPSA) is 99.8 Å². The van der Waals surface area contributed by atoms with Gasteiger partial charge in [0.05, 0.1) is 5.69 Å². The number of aromatic hydroxyl groups is 2. The van der Waals surface area contributed by atoms with Crippen LogP contribution in [0.1, 0.15) is 12.0 Å². The normalized spacial score (nSPS) is 13.9. The van der Waals surface area contributed by atoms with Gasteiger partial charge in [-0.1, -0.05) is 12.1 Å². The van der Waals surface area contributed by atoms with Crippen molar-refractivity contribution in [1.29, 1.82) is 0 Å². The molecule has 7 heteroatoms. The van der Waals surface area contributed by atoms with Gasteiger partial charge in [0.1, 0.15) is 11.4 Å². The van der Waals surface area contributed by atoms with Crippen molar-refractivity contribution in [3.8, 4) is 34.0 Å². The molecule has 0 radical (unpaired) electrons. The van der Waals surface area contributed by atoms with E-state index in [0.29, 0.717) is 16.9 Å². The Hall–Kier alpha value is -3.97. The Morgan fingerprint density at radius 2 is 1.81 bits per heavy atom. The number of phenolic OH excluding ortho intramolecular Hbond substituents is 1. The number of nitrogens with zero attached hydrogens (tertiary/aromatic N) is 3. The number of aromatic nitrogens is 3. The fourth-order valence-corrected chi connectivity index (χ4v) is 3.84. The van der Waals surface area contributed by atoms with Gasteiger partial charge in [-0.2, -0.15) is 0 Å². The molecular weight excluding hydrogens is 392 g/mol. The summed E-state index contributed by atoms with van der Waals surface area (Å²) in [6, 6.07) is 13.6. The zero-order valence-corrected chi connectivity index (χ0v) is 16.6. The molecule has 3 N–H and O–H groups in total. The van der Waals surface area contributed by atoms with E-state index in [1.165, 1.54) is 28.3 Å². The minimum atomic E-state index is -0.209. The molecule has 0 spiro atoms. The summed E-state index contributed by atoms with van der Waals surface area (Å²) in [5.41, 5.74) is 4.84. The molecule has 7 nitrogen and oxygen atoms in total. The van der Waals surface area contributed by atoms with Crippen molar-refractivity contribution in [2.45, 2.75) is 6.42 Å². The largest absolute Gasteiger partial charge is 0.507 e.